The van der Waals surface area contributed by atoms with Gasteiger partial charge < -0.3 is 20.1 Å². The predicted molar refractivity (Wildman–Crippen MR) is 70.2 cm³/mol. The van der Waals surface area contributed by atoms with Crippen LogP contribution >= 0.6 is 0 Å². The van der Waals surface area contributed by atoms with Crippen molar-refractivity contribution in [2.24, 2.45) is 5.92 Å². The molecule has 0 aromatic rings. The molecule has 1 saturated heterocycles. The van der Waals surface area contributed by atoms with Gasteiger partial charge >= 0.3 is 0 Å². The van der Waals surface area contributed by atoms with Gasteiger partial charge in [-0.25, -0.2) is 0 Å². The molecule has 0 spiro atoms. The molecule has 0 aromatic carbocycles. The summed E-state index contributed by atoms with van der Waals surface area (Å²) < 4.78 is 5.49. The topological polar surface area (TPSA) is 44.7 Å². The number of rotatable bonds is 8. The monoisotopic (exact) mass is 244 g/mol. The summed E-state index contributed by atoms with van der Waals surface area (Å²) in [6, 6.07) is 0.199. The van der Waals surface area contributed by atoms with Crippen LogP contribution < -0.4 is 5.32 Å². The SMILES string of the molecule is CCCNC(CO)CN(C)CC1CCCOC1. The second-order valence-electron chi connectivity index (χ2n) is 5.14. The lowest BCUT2D eigenvalue weighted by Gasteiger charge is -2.29. The molecule has 2 N–H and O–H groups in total. The quantitative estimate of drug-likeness (QED) is 0.660. The van der Waals surface area contributed by atoms with Crippen LogP contribution in [0.2, 0.25) is 0 Å². The van der Waals surface area contributed by atoms with Crippen molar-refractivity contribution in [3.8, 4) is 0 Å². The molecule has 2 atom stereocenters. The summed E-state index contributed by atoms with van der Waals surface area (Å²) in [6.07, 6.45) is 3.57. The fourth-order valence-corrected chi connectivity index (χ4v) is 2.38. The minimum absolute atomic E-state index is 0.199. The van der Waals surface area contributed by atoms with Crippen LogP contribution in [-0.2, 0) is 4.74 Å². The third-order valence-electron chi connectivity index (χ3n) is 3.26. The maximum absolute atomic E-state index is 9.29. The lowest BCUT2D eigenvalue weighted by atomic mass is 10.0. The lowest BCUT2D eigenvalue weighted by Crippen LogP contribution is -2.44. The number of aliphatic hydroxyl groups excluding tert-OH is 1. The minimum Gasteiger partial charge on any atom is -0.395 e. The van der Waals surface area contributed by atoms with Crippen molar-refractivity contribution in [1.29, 1.82) is 0 Å². The minimum atomic E-state index is 0.199. The molecule has 0 bridgehead atoms. The van der Waals surface area contributed by atoms with E-state index in [9.17, 15) is 5.11 Å². The lowest BCUT2D eigenvalue weighted by molar-refractivity contribution is 0.0399. The zero-order chi connectivity index (χ0) is 12.5. The molecule has 1 heterocycles. The first-order valence-electron chi connectivity index (χ1n) is 6.86. The van der Waals surface area contributed by atoms with Crippen LogP contribution in [0.4, 0.5) is 0 Å². The van der Waals surface area contributed by atoms with E-state index in [4.69, 9.17) is 4.74 Å². The molecule has 2 unspecified atom stereocenters. The molecule has 0 aliphatic carbocycles. The van der Waals surface area contributed by atoms with Gasteiger partial charge in [-0.15, -0.1) is 0 Å². The highest BCUT2D eigenvalue weighted by Gasteiger charge is 2.17. The van der Waals surface area contributed by atoms with Crippen LogP contribution in [0.5, 0.6) is 0 Å². The first-order chi connectivity index (χ1) is 8.26. The first kappa shape index (κ1) is 14.9. The van der Waals surface area contributed by atoms with Gasteiger partial charge in [-0.2, -0.15) is 0 Å². The van der Waals surface area contributed by atoms with Crippen LogP contribution in [0.15, 0.2) is 0 Å². The average Bonchev–Trinajstić information content (AvgIpc) is 2.35. The van der Waals surface area contributed by atoms with Crippen LogP contribution in [-0.4, -0.2) is 62.6 Å². The van der Waals surface area contributed by atoms with Crippen molar-refractivity contribution < 1.29 is 9.84 Å². The molecule has 0 aromatic heterocycles. The van der Waals surface area contributed by atoms with Crippen molar-refractivity contribution in [2.45, 2.75) is 32.2 Å². The van der Waals surface area contributed by atoms with Gasteiger partial charge in [0.2, 0.25) is 0 Å². The smallest absolute Gasteiger partial charge is 0.0597 e. The second-order valence-corrected chi connectivity index (χ2v) is 5.14. The standard InChI is InChI=1S/C13H28N2O2/c1-3-6-14-13(10-16)9-15(2)8-12-5-4-7-17-11-12/h12-14,16H,3-11H2,1-2H3. The Labute approximate surface area is 105 Å². The zero-order valence-corrected chi connectivity index (χ0v) is 11.3. The maximum Gasteiger partial charge on any atom is 0.0597 e. The van der Waals surface area contributed by atoms with Gasteiger partial charge in [0.25, 0.3) is 0 Å². The number of nitrogens with one attached hydrogen (secondary N) is 1. The summed E-state index contributed by atoms with van der Waals surface area (Å²) in [5.41, 5.74) is 0. The normalized spacial score (nSPS) is 22.9. The molecule has 0 amide bonds. The van der Waals surface area contributed by atoms with E-state index < -0.39 is 0 Å². The van der Waals surface area contributed by atoms with Crippen molar-refractivity contribution in [1.82, 2.24) is 10.2 Å². The van der Waals surface area contributed by atoms with Crippen LogP contribution in [0.25, 0.3) is 0 Å². The maximum atomic E-state index is 9.29. The van der Waals surface area contributed by atoms with Gasteiger partial charge in [0.1, 0.15) is 0 Å². The molecule has 1 aliphatic rings. The third kappa shape index (κ3) is 6.36. The molecule has 0 radical (unpaired) electrons. The number of likely N-dealkylation sites (N-methyl/N-ethyl adjacent to an activating group) is 1. The van der Waals surface area contributed by atoms with Crippen molar-refractivity contribution in [3.63, 3.8) is 0 Å². The third-order valence-corrected chi connectivity index (χ3v) is 3.26. The molecule has 1 fully saturated rings. The predicted octanol–water partition coefficient (Wildman–Crippen LogP) is 0.705. The Morgan fingerprint density at radius 3 is 2.94 bits per heavy atom. The van der Waals surface area contributed by atoms with Gasteiger partial charge in [-0.1, -0.05) is 6.92 Å². The van der Waals surface area contributed by atoms with E-state index in [1.54, 1.807) is 0 Å². The molecule has 4 heteroatoms. The van der Waals surface area contributed by atoms with E-state index in [0.29, 0.717) is 5.92 Å². The fourth-order valence-electron chi connectivity index (χ4n) is 2.38. The Bertz CT molecular complexity index is 184. The van der Waals surface area contributed by atoms with Gasteiger partial charge in [0.15, 0.2) is 0 Å². The summed E-state index contributed by atoms with van der Waals surface area (Å²) in [4.78, 5) is 2.31. The van der Waals surface area contributed by atoms with E-state index in [0.717, 1.165) is 39.3 Å². The Morgan fingerprint density at radius 1 is 1.53 bits per heavy atom. The highest BCUT2D eigenvalue weighted by molar-refractivity contribution is 4.73. The number of hydrogen-bond donors (Lipinski definition) is 2. The second kappa shape index (κ2) is 8.86. The summed E-state index contributed by atoms with van der Waals surface area (Å²) in [6.45, 7) is 7.15. The summed E-state index contributed by atoms with van der Waals surface area (Å²) in [7, 11) is 2.13. The molecular formula is C13H28N2O2. The number of nitrogens with zero attached hydrogens (tertiary/aromatic N) is 1. The summed E-state index contributed by atoms with van der Waals surface area (Å²) >= 11 is 0. The molecule has 0 saturated carbocycles. The Hall–Kier alpha value is -0.160. The number of aliphatic hydroxyl groups is 1. The van der Waals surface area contributed by atoms with Gasteiger partial charge in [-0.3, -0.25) is 0 Å². The van der Waals surface area contributed by atoms with Gasteiger partial charge in [0.05, 0.1) is 13.2 Å². The molecular weight excluding hydrogens is 216 g/mol. The van der Waals surface area contributed by atoms with E-state index in [1.807, 2.05) is 0 Å². The molecule has 102 valence electrons. The van der Waals surface area contributed by atoms with Crippen LogP contribution in [0.3, 0.4) is 0 Å². The average molecular weight is 244 g/mol. The summed E-state index contributed by atoms with van der Waals surface area (Å²) in [5, 5.41) is 12.7. The first-order valence-corrected chi connectivity index (χ1v) is 6.86. The van der Waals surface area contributed by atoms with Crippen molar-refractivity contribution in [2.75, 3.05) is 46.5 Å². The number of ether oxygens (including phenoxy) is 1. The highest BCUT2D eigenvalue weighted by Crippen LogP contribution is 2.14. The molecule has 4 nitrogen and oxygen atoms in total. The van der Waals surface area contributed by atoms with Crippen molar-refractivity contribution in [3.05, 3.63) is 0 Å². The van der Waals surface area contributed by atoms with E-state index >= 15 is 0 Å². The Morgan fingerprint density at radius 2 is 2.35 bits per heavy atom. The van der Waals surface area contributed by atoms with Gasteiger partial charge in [0, 0.05) is 25.7 Å². The zero-order valence-electron chi connectivity index (χ0n) is 11.3. The van der Waals surface area contributed by atoms with Crippen LogP contribution in [0.1, 0.15) is 26.2 Å². The Balaban J connectivity index is 2.18. The fraction of sp³-hybridized carbons (Fsp3) is 1.00. The highest BCUT2D eigenvalue weighted by atomic mass is 16.5. The molecule has 1 aliphatic heterocycles. The van der Waals surface area contributed by atoms with Crippen molar-refractivity contribution >= 4 is 0 Å². The van der Waals surface area contributed by atoms with Gasteiger partial charge in [-0.05, 0) is 38.8 Å². The molecule has 1 rings (SSSR count). The van der Waals surface area contributed by atoms with E-state index in [2.05, 4.69) is 24.2 Å². The summed E-state index contributed by atoms with van der Waals surface area (Å²) in [5.74, 6) is 0.666. The van der Waals surface area contributed by atoms with E-state index in [-0.39, 0.29) is 12.6 Å². The molecule has 17 heavy (non-hydrogen) atoms. The van der Waals surface area contributed by atoms with E-state index in [1.165, 1.54) is 12.8 Å². The largest absolute Gasteiger partial charge is 0.395 e. The Kier molecular flexibility index (Phi) is 7.77. The van der Waals surface area contributed by atoms with Crippen LogP contribution in [0, 0.1) is 5.92 Å². The number of hydrogen-bond acceptors (Lipinski definition) is 4.